The van der Waals surface area contributed by atoms with Gasteiger partial charge in [0, 0.05) is 25.5 Å². The van der Waals surface area contributed by atoms with Crippen LogP contribution in [0.15, 0.2) is 70.9 Å². The Labute approximate surface area is 406 Å². The normalized spacial score (nSPS) is 35.3. The van der Waals surface area contributed by atoms with E-state index in [9.17, 15) is 45.0 Å². The van der Waals surface area contributed by atoms with Crippen molar-refractivity contribution in [1.29, 1.82) is 0 Å². The Morgan fingerprint density at radius 2 is 1.59 bits per heavy atom. The van der Waals surface area contributed by atoms with Gasteiger partial charge < -0.3 is 68.5 Å². The van der Waals surface area contributed by atoms with Gasteiger partial charge in [0.2, 0.25) is 0 Å². The van der Waals surface area contributed by atoms with Crippen LogP contribution in [0.5, 0.6) is 11.5 Å². The Hall–Kier alpha value is -4.43. The molecule has 17 heteroatoms. The van der Waals surface area contributed by atoms with E-state index < -0.39 is 109 Å². The molecular formula is C52H76O17. The van der Waals surface area contributed by atoms with Gasteiger partial charge in [-0.25, -0.2) is 9.59 Å². The van der Waals surface area contributed by atoms with Gasteiger partial charge in [-0.2, -0.15) is 0 Å². The zero-order valence-electron chi connectivity index (χ0n) is 42.1. The van der Waals surface area contributed by atoms with Crippen LogP contribution in [-0.4, -0.2) is 141 Å². The molecule has 3 aliphatic heterocycles. The van der Waals surface area contributed by atoms with E-state index >= 15 is 0 Å². The SMILES string of the molecule is CCc1cc(O)cc(O)c1C(=O)O[C@H]1[C@H](O)[C@H](OC)[C@H](OC/C2=C\C=C\C[C@H](O)/C(C)=C/[C@H](CC)[C@@H](O[C@@H]3OC(C)(C)[C@@H](OC(=O)C(C)C)[C@H](O)[C@@H]3O)/C(C)=C/C(C)=C/C[C@@H](CC)OC2=O)O[C@@H]1C. The number of allylic oxidation sites excluding steroid dienone is 4. The van der Waals surface area contributed by atoms with Crippen molar-refractivity contribution >= 4 is 17.9 Å². The number of hydrogen-bond acceptors (Lipinski definition) is 17. The van der Waals surface area contributed by atoms with Crippen molar-refractivity contribution in [2.24, 2.45) is 11.8 Å². The van der Waals surface area contributed by atoms with Crippen LogP contribution >= 0.6 is 0 Å². The van der Waals surface area contributed by atoms with Crippen molar-refractivity contribution in [3.63, 3.8) is 0 Å². The van der Waals surface area contributed by atoms with Crippen molar-refractivity contribution in [3.05, 3.63) is 82.0 Å². The number of ether oxygens (including phenoxy) is 8. The van der Waals surface area contributed by atoms with Crippen LogP contribution in [0.3, 0.4) is 0 Å². The molecule has 0 amide bonds. The Morgan fingerprint density at radius 1 is 0.899 bits per heavy atom. The molecule has 386 valence electrons. The number of aliphatic hydroxyl groups is 4. The summed E-state index contributed by atoms with van der Waals surface area (Å²) in [6.07, 6.45) is -1.44. The number of phenolic OH excluding ortho intramolecular Hbond substituents is 2. The molecule has 3 heterocycles. The second-order valence-corrected chi connectivity index (χ2v) is 18.9. The molecular weight excluding hydrogens is 897 g/mol. The Morgan fingerprint density at radius 3 is 2.22 bits per heavy atom. The van der Waals surface area contributed by atoms with Gasteiger partial charge in [0.1, 0.15) is 53.2 Å². The highest BCUT2D eigenvalue weighted by Crippen LogP contribution is 2.37. The van der Waals surface area contributed by atoms with E-state index in [2.05, 4.69) is 0 Å². The van der Waals surface area contributed by atoms with Crippen LogP contribution in [-0.2, 0) is 53.9 Å². The van der Waals surface area contributed by atoms with Gasteiger partial charge in [-0.15, -0.1) is 0 Å². The van der Waals surface area contributed by atoms with Gasteiger partial charge in [0.15, 0.2) is 24.8 Å². The van der Waals surface area contributed by atoms with E-state index in [1.54, 1.807) is 60.6 Å². The smallest absolute Gasteiger partial charge is 0.342 e. The zero-order valence-corrected chi connectivity index (χ0v) is 42.1. The molecule has 0 spiro atoms. The number of aromatic hydroxyl groups is 2. The number of benzene rings is 1. The second-order valence-electron chi connectivity index (χ2n) is 18.9. The summed E-state index contributed by atoms with van der Waals surface area (Å²) in [7, 11) is 1.32. The first-order valence-electron chi connectivity index (χ1n) is 23.9. The number of aryl methyl sites for hydroxylation is 1. The van der Waals surface area contributed by atoms with E-state index in [-0.39, 0.29) is 35.8 Å². The van der Waals surface area contributed by atoms with Gasteiger partial charge in [0.25, 0.3) is 0 Å². The topological polar surface area (TPSA) is 246 Å². The molecule has 6 N–H and O–H groups in total. The highest BCUT2D eigenvalue weighted by Gasteiger charge is 2.53. The summed E-state index contributed by atoms with van der Waals surface area (Å²) < 4.78 is 47.8. The average molecular weight is 973 g/mol. The Balaban J connectivity index is 1.57. The van der Waals surface area contributed by atoms with E-state index in [4.69, 9.17) is 37.9 Å². The standard InChI is InChI=1S/C52H76O17/c1-13-32-24-35(53)25-38(55)39(32)49(61)66-44-31(9)64-51(45(62-12)42(44)58)63-26-34-18-16-17-19-37(54)29(7)23-33(14-2)43(30(8)22-28(6)20-21-36(15-3)65-48(34)60)67-50-41(57)40(56)46(52(10,11)69-50)68-47(59)27(4)5/h16-18,20,22-25,27,31,33,36-37,40-46,50-51,53-58H,13-15,19,21,26H2,1-12H3/b17-16+,28-20+,29-23+,30-22+,34-18+/t31-,33+,36-,37+,40-,41+,42+,43+,44-,45+,46+,50-,51-/m1/s1. The summed E-state index contributed by atoms with van der Waals surface area (Å²) in [6.45, 7) is 19.1. The Bertz CT molecular complexity index is 2070. The summed E-state index contributed by atoms with van der Waals surface area (Å²) in [6, 6.07) is 2.37. The highest BCUT2D eigenvalue weighted by atomic mass is 16.7. The maximum atomic E-state index is 13.9. The number of methoxy groups -OCH3 is 1. The van der Waals surface area contributed by atoms with Gasteiger partial charge in [0.05, 0.1) is 36.4 Å². The molecule has 0 unspecified atom stereocenters. The van der Waals surface area contributed by atoms with Gasteiger partial charge in [-0.3, -0.25) is 4.79 Å². The lowest BCUT2D eigenvalue weighted by molar-refractivity contribution is -0.333. The predicted octanol–water partition coefficient (Wildman–Crippen LogP) is 5.96. The van der Waals surface area contributed by atoms with Crippen molar-refractivity contribution < 1.29 is 82.9 Å². The first-order chi connectivity index (χ1) is 32.5. The molecule has 0 aromatic heterocycles. The quantitative estimate of drug-likeness (QED) is 0.0759. The van der Waals surface area contributed by atoms with Crippen molar-refractivity contribution in [3.8, 4) is 11.5 Å². The molecule has 0 bridgehead atoms. The lowest BCUT2D eigenvalue weighted by atomic mass is 9.88. The maximum Gasteiger partial charge on any atom is 0.342 e. The fourth-order valence-electron chi connectivity index (χ4n) is 8.50. The van der Waals surface area contributed by atoms with Gasteiger partial charge in [-0.1, -0.05) is 70.6 Å². The third-order valence-electron chi connectivity index (χ3n) is 12.7. The number of cyclic esters (lactones) is 1. The van der Waals surface area contributed by atoms with Crippen LogP contribution in [0.4, 0.5) is 0 Å². The molecule has 1 aromatic carbocycles. The maximum absolute atomic E-state index is 13.9. The molecule has 0 saturated carbocycles. The lowest BCUT2D eigenvalue weighted by Gasteiger charge is -2.47. The molecule has 13 atom stereocenters. The fourth-order valence-corrected chi connectivity index (χ4v) is 8.50. The van der Waals surface area contributed by atoms with E-state index in [0.717, 1.165) is 17.2 Å². The summed E-state index contributed by atoms with van der Waals surface area (Å²) in [4.78, 5) is 39.7. The van der Waals surface area contributed by atoms with Crippen molar-refractivity contribution in [2.75, 3.05) is 13.7 Å². The van der Waals surface area contributed by atoms with Crippen molar-refractivity contribution in [2.45, 2.75) is 187 Å². The number of aliphatic hydroxyl groups excluding tert-OH is 4. The molecule has 0 radical (unpaired) electrons. The average Bonchev–Trinajstić information content (AvgIpc) is 3.28. The van der Waals surface area contributed by atoms with Crippen LogP contribution < -0.4 is 0 Å². The number of carbonyl (C=O) groups is 3. The van der Waals surface area contributed by atoms with Gasteiger partial charge in [-0.05, 0) is 96.1 Å². The van der Waals surface area contributed by atoms with Crippen LogP contribution in [0.1, 0.15) is 118 Å². The first-order valence-corrected chi connectivity index (χ1v) is 23.9. The third kappa shape index (κ3) is 14.8. The number of hydrogen-bond donors (Lipinski definition) is 6. The van der Waals surface area contributed by atoms with Crippen LogP contribution in [0, 0.1) is 11.8 Å². The third-order valence-corrected chi connectivity index (χ3v) is 12.7. The van der Waals surface area contributed by atoms with E-state index in [1.165, 1.54) is 19.3 Å². The molecule has 17 nitrogen and oxygen atoms in total. The number of carbonyl (C=O) groups excluding carboxylic acids is 3. The number of phenols is 2. The lowest BCUT2D eigenvalue weighted by Crippen LogP contribution is -2.64. The Kier molecular flexibility index (Phi) is 21.2. The summed E-state index contributed by atoms with van der Waals surface area (Å²) in [5, 5.41) is 65.8. The van der Waals surface area contributed by atoms with Crippen LogP contribution in [0.2, 0.25) is 0 Å². The molecule has 4 rings (SSSR count). The monoisotopic (exact) mass is 973 g/mol. The molecule has 2 fully saturated rings. The highest BCUT2D eigenvalue weighted by molar-refractivity contribution is 5.94. The molecule has 1 aromatic rings. The summed E-state index contributed by atoms with van der Waals surface area (Å²) in [5.41, 5.74) is 1.26. The molecule has 2 saturated heterocycles. The second kappa shape index (κ2) is 25.6. The zero-order chi connectivity index (χ0) is 51.5. The minimum absolute atomic E-state index is 0.101. The minimum Gasteiger partial charge on any atom is -0.508 e. The fraction of sp³-hybridized carbons (Fsp3) is 0.635. The predicted molar refractivity (Wildman–Crippen MR) is 254 cm³/mol. The van der Waals surface area contributed by atoms with E-state index in [1.807, 2.05) is 45.9 Å². The molecule has 3 aliphatic rings. The summed E-state index contributed by atoms with van der Waals surface area (Å²) >= 11 is 0. The van der Waals surface area contributed by atoms with Gasteiger partial charge >= 0.3 is 17.9 Å². The number of rotatable bonds is 13. The van der Waals surface area contributed by atoms with Crippen molar-refractivity contribution in [1.82, 2.24) is 0 Å². The van der Waals surface area contributed by atoms with E-state index in [0.29, 0.717) is 36.8 Å². The van der Waals surface area contributed by atoms with Crippen LogP contribution in [0.25, 0.3) is 0 Å². The molecule has 69 heavy (non-hydrogen) atoms. The number of esters is 3. The first kappa shape index (κ1) is 57.2. The molecule has 0 aliphatic carbocycles. The largest absolute Gasteiger partial charge is 0.508 e. The minimum atomic E-state index is -1.57. The summed E-state index contributed by atoms with van der Waals surface area (Å²) in [5.74, 6) is -3.66.